The number of carbonyl (C=O) groups is 1. The van der Waals surface area contributed by atoms with Crippen LogP contribution in [0.15, 0.2) is 0 Å². The molecule has 1 amide bonds. The first-order valence-electron chi connectivity index (χ1n) is 6.37. The van der Waals surface area contributed by atoms with Crippen molar-refractivity contribution in [3.05, 3.63) is 0 Å². The molecule has 1 saturated heterocycles. The van der Waals surface area contributed by atoms with Crippen molar-refractivity contribution in [2.24, 2.45) is 11.3 Å². The summed E-state index contributed by atoms with van der Waals surface area (Å²) in [5.74, 6) is 0.985. The number of nitrogens with one attached hydrogen (secondary N) is 1. The van der Waals surface area contributed by atoms with E-state index in [1.807, 2.05) is 0 Å². The number of hydrogen-bond acceptors (Lipinski definition) is 1. The predicted molar refractivity (Wildman–Crippen MR) is 63.6 cm³/mol. The van der Waals surface area contributed by atoms with Crippen molar-refractivity contribution in [1.82, 2.24) is 5.32 Å². The molecule has 0 bridgehead atoms. The smallest absolute Gasteiger partial charge is 0.220 e. The lowest BCUT2D eigenvalue weighted by Gasteiger charge is -2.35. The van der Waals surface area contributed by atoms with E-state index in [4.69, 9.17) is 0 Å². The van der Waals surface area contributed by atoms with E-state index < -0.39 is 0 Å². The van der Waals surface area contributed by atoms with Gasteiger partial charge in [-0.3, -0.25) is 4.79 Å². The van der Waals surface area contributed by atoms with Gasteiger partial charge in [-0.25, -0.2) is 0 Å². The Morgan fingerprint density at radius 3 is 2.60 bits per heavy atom. The van der Waals surface area contributed by atoms with E-state index >= 15 is 0 Å². The second-order valence-corrected chi connectivity index (χ2v) is 5.14. The van der Waals surface area contributed by atoms with Crippen molar-refractivity contribution in [3.63, 3.8) is 0 Å². The van der Waals surface area contributed by atoms with Gasteiger partial charge < -0.3 is 5.32 Å². The third-order valence-corrected chi connectivity index (χ3v) is 4.15. The van der Waals surface area contributed by atoms with Crippen molar-refractivity contribution in [3.8, 4) is 0 Å². The Kier molecular flexibility index (Phi) is 4.18. The summed E-state index contributed by atoms with van der Waals surface area (Å²) < 4.78 is 0. The van der Waals surface area contributed by atoms with Crippen LogP contribution in [0.2, 0.25) is 0 Å². The van der Waals surface area contributed by atoms with Crippen LogP contribution in [0.5, 0.6) is 0 Å². The Bertz CT molecular complexity index is 227. The minimum atomic E-state index is 0.237. The van der Waals surface area contributed by atoms with Gasteiger partial charge in [0, 0.05) is 12.5 Å². The first-order chi connectivity index (χ1) is 7.07. The van der Waals surface area contributed by atoms with E-state index in [1.165, 1.54) is 12.8 Å². The Morgan fingerprint density at radius 2 is 2.13 bits per heavy atom. The lowest BCUT2D eigenvalue weighted by Crippen LogP contribution is -2.37. The highest BCUT2D eigenvalue weighted by Gasteiger charge is 2.44. The molecular formula is C13H25NO. The van der Waals surface area contributed by atoms with E-state index in [-0.39, 0.29) is 11.3 Å². The van der Waals surface area contributed by atoms with Crippen LogP contribution in [0.4, 0.5) is 0 Å². The van der Waals surface area contributed by atoms with Crippen LogP contribution in [-0.4, -0.2) is 11.9 Å². The van der Waals surface area contributed by atoms with Crippen molar-refractivity contribution in [2.75, 3.05) is 0 Å². The average Bonchev–Trinajstić information content (AvgIpc) is 2.55. The topological polar surface area (TPSA) is 29.1 Å². The van der Waals surface area contributed by atoms with E-state index in [1.54, 1.807) is 0 Å². The molecule has 0 aromatic rings. The zero-order valence-corrected chi connectivity index (χ0v) is 10.6. The van der Waals surface area contributed by atoms with Gasteiger partial charge in [-0.1, -0.05) is 34.1 Å². The number of rotatable bonds is 5. The summed E-state index contributed by atoms with van der Waals surface area (Å²) in [5.41, 5.74) is 0.237. The first-order valence-corrected chi connectivity index (χ1v) is 6.37. The summed E-state index contributed by atoms with van der Waals surface area (Å²) in [6.07, 6.45) is 5.33. The Balaban J connectivity index is 2.77. The highest BCUT2D eigenvalue weighted by molar-refractivity contribution is 5.79. The monoisotopic (exact) mass is 211 g/mol. The molecule has 0 aromatic carbocycles. The summed E-state index contributed by atoms with van der Waals surface area (Å²) in [4.78, 5) is 11.5. The minimum absolute atomic E-state index is 0.237. The van der Waals surface area contributed by atoms with Gasteiger partial charge >= 0.3 is 0 Å². The lowest BCUT2D eigenvalue weighted by molar-refractivity contribution is -0.119. The summed E-state index contributed by atoms with van der Waals surface area (Å²) in [7, 11) is 0. The minimum Gasteiger partial charge on any atom is -0.353 e. The maximum absolute atomic E-state index is 11.5. The van der Waals surface area contributed by atoms with Gasteiger partial charge in [-0.05, 0) is 30.6 Å². The van der Waals surface area contributed by atoms with Gasteiger partial charge in [0.25, 0.3) is 0 Å². The standard InChI is InChI=1S/C13H25NO/c1-5-10(4)8-13(7-3)9-12(15)14-11(13)6-2/h10-11H,5-9H2,1-4H3,(H,14,15). The van der Waals surface area contributed by atoms with Crippen LogP contribution in [0.3, 0.4) is 0 Å². The van der Waals surface area contributed by atoms with Crippen molar-refractivity contribution in [1.29, 1.82) is 0 Å². The predicted octanol–water partition coefficient (Wildman–Crippen LogP) is 3.12. The van der Waals surface area contributed by atoms with Gasteiger partial charge in [0.15, 0.2) is 0 Å². The van der Waals surface area contributed by atoms with Crippen LogP contribution in [0, 0.1) is 11.3 Å². The van der Waals surface area contributed by atoms with Crippen molar-refractivity contribution < 1.29 is 4.79 Å². The molecule has 2 nitrogen and oxygen atoms in total. The van der Waals surface area contributed by atoms with Crippen molar-refractivity contribution in [2.45, 2.75) is 65.8 Å². The van der Waals surface area contributed by atoms with Gasteiger partial charge in [0.2, 0.25) is 5.91 Å². The molecule has 3 atom stereocenters. The summed E-state index contributed by atoms with van der Waals surface area (Å²) in [6.45, 7) is 8.94. The van der Waals surface area contributed by atoms with Crippen LogP contribution in [-0.2, 0) is 4.79 Å². The Hall–Kier alpha value is -0.530. The highest BCUT2D eigenvalue weighted by Crippen LogP contribution is 2.43. The molecule has 15 heavy (non-hydrogen) atoms. The number of carbonyl (C=O) groups excluding carboxylic acids is 1. The summed E-state index contributed by atoms with van der Waals surface area (Å²) in [6, 6.07) is 0.406. The molecular weight excluding hydrogens is 186 g/mol. The molecule has 1 rings (SSSR count). The quantitative estimate of drug-likeness (QED) is 0.743. The number of amides is 1. The summed E-state index contributed by atoms with van der Waals surface area (Å²) in [5, 5.41) is 3.14. The van der Waals surface area contributed by atoms with E-state index in [2.05, 4.69) is 33.0 Å². The van der Waals surface area contributed by atoms with Gasteiger partial charge in [-0.2, -0.15) is 0 Å². The maximum Gasteiger partial charge on any atom is 0.220 e. The molecule has 1 aliphatic heterocycles. The van der Waals surface area contributed by atoms with E-state index in [9.17, 15) is 4.79 Å². The zero-order chi connectivity index (χ0) is 11.5. The normalized spacial score (nSPS) is 32.8. The fourth-order valence-corrected chi connectivity index (χ4v) is 2.94. The third-order valence-electron chi connectivity index (χ3n) is 4.15. The molecule has 3 unspecified atom stereocenters. The SMILES string of the molecule is CCC(C)CC1(CC)CC(=O)NC1CC. The zero-order valence-electron chi connectivity index (χ0n) is 10.6. The Labute approximate surface area is 93.8 Å². The maximum atomic E-state index is 11.5. The molecule has 1 aliphatic rings. The fourth-order valence-electron chi connectivity index (χ4n) is 2.94. The molecule has 1 fully saturated rings. The Morgan fingerprint density at radius 1 is 1.47 bits per heavy atom. The first kappa shape index (κ1) is 12.5. The molecule has 88 valence electrons. The fraction of sp³-hybridized carbons (Fsp3) is 0.923. The molecule has 0 aliphatic carbocycles. The van der Waals surface area contributed by atoms with Gasteiger partial charge in [-0.15, -0.1) is 0 Å². The second kappa shape index (κ2) is 5.00. The van der Waals surface area contributed by atoms with E-state index in [0.29, 0.717) is 6.04 Å². The van der Waals surface area contributed by atoms with Crippen molar-refractivity contribution >= 4 is 5.91 Å². The van der Waals surface area contributed by atoms with Gasteiger partial charge in [0.1, 0.15) is 0 Å². The molecule has 0 radical (unpaired) electrons. The van der Waals surface area contributed by atoms with E-state index in [0.717, 1.165) is 25.2 Å². The molecule has 0 saturated carbocycles. The highest BCUT2D eigenvalue weighted by atomic mass is 16.2. The molecule has 0 aromatic heterocycles. The molecule has 0 spiro atoms. The average molecular weight is 211 g/mol. The third kappa shape index (κ3) is 2.53. The van der Waals surface area contributed by atoms with Crippen LogP contribution in [0.25, 0.3) is 0 Å². The van der Waals surface area contributed by atoms with Crippen LogP contribution >= 0.6 is 0 Å². The van der Waals surface area contributed by atoms with Crippen LogP contribution < -0.4 is 5.32 Å². The van der Waals surface area contributed by atoms with Crippen LogP contribution in [0.1, 0.15) is 59.8 Å². The summed E-state index contributed by atoms with van der Waals surface area (Å²) >= 11 is 0. The second-order valence-electron chi connectivity index (χ2n) is 5.14. The van der Waals surface area contributed by atoms with Gasteiger partial charge in [0.05, 0.1) is 0 Å². The molecule has 1 heterocycles. The number of hydrogen-bond donors (Lipinski definition) is 1. The lowest BCUT2D eigenvalue weighted by atomic mass is 9.70. The largest absolute Gasteiger partial charge is 0.353 e. The molecule has 2 heteroatoms. The molecule has 1 N–H and O–H groups in total.